The predicted octanol–water partition coefficient (Wildman–Crippen LogP) is 1.63. The van der Waals surface area contributed by atoms with Crippen molar-refractivity contribution in [2.24, 2.45) is 5.92 Å². The molecule has 2 N–H and O–H groups in total. The molecule has 0 aromatic rings. The summed E-state index contributed by atoms with van der Waals surface area (Å²) in [4.78, 5) is 0. The van der Waals surface area contributed by atoms with Gasteiger partial charge in [-0.3, -0.25) is 0 Å². The normalized spacial score (nSPS) is 18.0. The second-order valence-electron chi connectivity index (χ2n) is 3.63. The van der Waals surface area contributed by atoms with Crippen LogP contribution in [-0.2, 0) is 0 Å². The molecule has 0 heterocycles. The van der Waals surface area contributed by atoms with Crippen LogP contribution in [0, 0.1) is 5.92 Å². The van der Waals surface area contributed by atoms with E-state index in [1.807, 2.05) is 6.08 Å². The second-order valence-corrected chi connectivity index (χ2v) is 3.63. The van der Waals surface area contributed by atoms with Crippen LogP contribution in [0.4, 0.5) is 0 Å². The van der Waals surface area contributed by atoms with Crippen molar-refractivity contribution in [1.82, 2.24) is 0 Å². The van der Waals surface area contributed by atoms with Crippen LogP contribution in [0.15, 0.2) is 17.4 Å². The van der Waals surface area contributed by atoms with Crippen LogP contribution in [0.25, 0.3) is 0 Å². The molecular weight excluding hydrogens is 164 g/mol. The Morgan fingerprint density at radius 1 is 1.15 bits per heavy atom. The van der Waals surface area contributed by atoms with Gasteiger partial charge in [-0.1, -0.05) is 19.3 Å². The Morgan fingerprint density at radius 2 is 1.77 bits per heavy atom. The maximum absolute atomic E-state index is 8.78. The van der Waals surface area contributed by atoms with Crippen LogP contribution >= 0.6 is 0 Å². The molecule has 0 aromatic heterocycles. The molecule has 1 saturated carbocycles. The van der Waals surface area contributed by atoms with Crippen LogP contribution in [0.2, 0.25) is 0 Å². The molecule has 1 aliphatic rings. The standard InChI is InChI=1S/C11H18O2/c12-8-11(9-13)7-6-10-4-2-1-3-5-10/h6,10,12-13H,1-5,8-9H2. The lowest BCUT2D eigenvalue weighted by Crippen LogP contribution is -2.02. The Labute approximate surface area is 79.6 Å². The summed E-state index contributed by atoms with van der Waals surface area (Å²) in [6.45, 7) is -0.167. The second kappa shape index (κ2) is 5.98. The number of hydrogen-bond acceptors (Lipinski definition) is 2. The zero-order valence-electron chi connectivity index (χ0n) is 8.00. The third-order valence-electron chi connectivity index (χ3n) is 2.55. The minimum atomic E-state index is -0.0836. The molecule has 0 amide bonds. The zero-order valence-corrected chi connectivity index (χ0v) is 8.00. The van der Waals surface area contributed by atoms with Crippen molar-refractivity contribution in [1.29, 1.82) is 0 Å². The van der Waals surface area contributed by atoms with Gasteiger partial charge in [0, 0.05) is 5.57 Å². The molecule has 1 aliphatic carbocycles. The number of aliphatic hydroxyl groups excluding tert-OH is 2. The van der Waals surface area contributed by atoms with Crippen LogP contribution in [0.1, 0.15) is 32.1 Å². The highest BCUT2D eigenvalue weighted by Crippen LogP contribution is 2.24. The molecule has 13 heavy (non-hydrogen) atoms. The molecule has 0 aromatic carbocycles. The van der Waals surface area contributed by atoms with Gasteiger partial charge in [-0.15, -0.1) is 5.73 Å². The summed E-state index contributed by atoms with van der Waals surface area (Å²) >= 11 is 0. The van der Waals surface area contributed by atoms with Crippen molar-refractivity contribution >= 4 is 0 Å². The average molecular weight is 182 g/mol. The first-order valence-corrected chi connectivity index (χ1v) is 5.03. The van der Waals surface area contributed by atoms with E-state index in [0.29, 0.717) is 11.5 Å². The average Bonchev–Trinajstić information content (AvgIpc) is 2.21. The maximum Gasteiger partial charge on any atom is 0.0738 e. The van der Waals surface area contributed by atoms with E-state index in [0.717, 1.165) is 0 Å². The Hall–Kier alpha value is -0.560. The van der Waals surface area contributed by atoms with Gasteiger partial charge in [0.1, 0.15) is 0 Å². The highest BCUT2D eigenvalue weighted by molar-refractivity contribution is 5.03. The van der Waals surface area contributed by atoms with Gasteiger partial charge < -0.3 is 10.2 Å². The summed E-state index contributed by atoms with van der Waals surface area (Å²) in [5.74, 6) is 0.613. The quantitative estimate of drug-likeness (QED) is 0.651. The predicted molar refractivity (Wildman–Crippen MR) is 52.3 cm³/mol. The van der Waals surface area contributed by atoms with E-state index in [1.54, 1.807) is 0 Å². The van der Waals surface area contributed by atoms with Gasteiger partial charge >= 0.3 is 0 Å². The summed E-state index contributed by atoms with van der Waals surface area (Å²) in [6.07, 6.45) is 8.43. The van der Waals surface area contributed by atoms with Gasteiger partial charge in [-0.2, -0.15) is 0 Å². The fraction of sp³-hybridized carbons (Fsp3) is 0.727. The van der Waals surface area contributed by atoms with Crippen molar-refractivity contribution in [2.75, 3.05) is 13.2 Å². The summed E-state index contributed by atoms with van der Waals surface area (Å²) in [5.41, 5.74) is 3.57. The first-order chi connectivity index (χ1) is 6.36. The van der Waals surface area contributed by atoms with Gasteiger partial charge in [0.05, 0.1) is 13.2 Å². The van der Waals surface area contributed by atoms with Gasteiger partial charge in [-0.05, 0) is 24.8 Å². The Bertz CT molecular complexity index is 190. The van der Waals surface area contributed by atoms with Crippen molar-refractivity contribution in [2.45, 2.75) is 32.1 Å². The van der Waals surface area contributed by atoms with Crippen LogP contribution in [0.5, 0.6) is 0 Å². The Morgan fingerprint density at radius 3 is 2.31 bits per heavy atom. The van der Waals surface area contributed by atoms with E-state index < -0.39 is 0 Å². The molecule has 1 fully saturated rings. The van der Waals surface area contributed by atoms with Gasteiger partial charge in [-0.25, -0.2) is 0 Å². The number of hydrogen-bond donors (Lipinski definition) is 2. The molecule has 0 saturated heterocycles. The molecule has 0 bridgehead atoms. The summed E-state index contributed by atoms with van der Waals surface area (Å²) in [5, 5.41) is 17.6. The topological polar surface area (TPSA) is 40.5 Å². The third-order valence-corrected chi connectivity index (χ3v) is 2.55. The minimum Gasteiger partial charge on any atom is -0.391 e. The van der Waals surface area contributed by atoms with E-state index in [2.05, 4.69) is 5.73 Å². The lowest BCUT2D eigenvalue weighted by atomic mass is 9.89. The fourth-order valence-electron chi connectivity index (χ4n) is 1.68. The van der Waals surface area contributed by atoms with E-state index in [9.17, 15) is 0 Å². The van der Waals surface area contributed by atoms with Crippen LogP contribution < -0.4 is 0 Å². The van der Waals surface area contributed by atoms with E-state index in [-0.39, 0.29) is 13.2 Å². The maximum atomic E-state index is 8.78. The van der Waals surface area contributed by atoms with Gasteiger partial charge in [0.2, 0.25) is 0 Å². The lowest BCUT2D eigenvalue weighted by molar-refractivity contribution is 0.277. The van der Waals surface area contributed by atoms with Crippen molar-refractivity contribution in [3.8, 4) is 0 Å². The molecule has 2 nitrogen and oxygen atoms in total. The largest absolute Gasteiger partial charge is 0.391 e. The van der Waals surface area contributed by atoms with Crippen molar-refractivity contribution < 1.29 is 10.2 Å². The monoisotopic (exact) mass is 182 g/mol. The van der Waals surface area contributed by atoms with Gasteiger partial charge in [0.25, 0.3) is 0 Å². The van der Waals surface area contributed by atoms with Crippen LogP contribution in [0.3, 0.4) is 0 Å². The summed E-state index contributed by atoms with van der Waals surface area (Å²) < 4.78 is 0. The molecule has 0 atom stereocenters. The molecule has 1 rings (SSSR count). The molecule has 0 unspecified atom stereocenters. The first-order valence-electron chi connectivity index (χ1n) is 5.03. The van der Waals surface area contributed by atoms with E-state index >= 15 is 0 Å². The van der Waals surface area contributed by atoms with Crippen molar-refractivity contribution in [3.05, 3.63) is 17.4 Å². The number of aliphatic hydroxyl groups is 2. The van der Waals surface area contributed by atoms with Crippen LogP contribution in [-0.4, -0.2) is 23.4 Å². The fourth-order valence-corrected chi connectivity index (χ4v) is 1.68. The molecule has 0 spiro atoms. The molecule has 0 radical (unpaired) electrons. The van der Waals surface area contributed by atoms with Gasteiger partial charge in [0.15, 0.2) is 0 Å². The van der Waals surface area contributed by atoms with E-state index in [4.69, 9.17) is 10.2 Å². The summed E-state index contributed by atoms with van der Waals surface area (Å²) in [6, 6.07) is 0. The number of rotatable bonds is 3. The molecule has 74 valence electrons. The first kappa shape index (κ1) is 10.5. The highest BCUT2D eigenvalue weighted by atomic mass is 16.3. The SMILES string of the molecule is OCC(=C=CC1CCCCC1)CO. The molecular formula is C11H18O2. The molecule has 0 aliphatic heterocycles. The Balaban J connectivity index is 2.48. The smallest absolute Gasteiger partial charge is 0.0738 e. The zero-order chi connectivity index (χ0) is 9.52. The van der Waals surface area contributed by atoms with Crippen molar-refractivity contribution in [3.63, 3.8) is 0 Å². The minimum absolute atomic E-state index is 0.0836. The lowest BCUT2D eigenvalue weighted by Gasteiger charge is -2.16. The Kier molecular flexibility index (Phi) is 4.84. The highest BCUT2D eigenvalue weighted by Gasteiger charge is 2.09. The third kappa shape index (κ3) is 3.77. The van der Waals surface area contributed by atoms with E-state index in [1.165, 1.54) is 32.1 Å². The molecule has 2 heteroatoms. The summed E-state index contributed by atoms with van der Waals surface area (Å²) in [7, 11) is 0.